The molecule has 1 heterocycles. The highest BCUT2D eigenvalue weighted by atomic mass is 16.5. The number of fused-ring (bicyclic) bond motifs is 1. The van der Waals surface area contributed by atoms with E-state index >= 15 is 0 Å². The van der Waals surface area contributed by atoms with E-state index in [1.165, 1.54) is 31.2 Å². The second kappa shape index (κ2) is 8.77. The summed E-state index contributed by atoms with van der Waals surface area (Å²) in [5, 5.41) is 11.4. The highest BCUT2D eigenvalue weighted by Crippen LogP contribution is 2.28. The Hall–Kier alpha value is -4.77. The number of rotatable bonds is 5. The van der Waals surface area contributed by atoms with E-state index in [0.717, 1.165) is 4.90 Å². The zero-order chi connectivity index (χ0) is 23.5. The third-order valence-electron chi connectivity index (χ3n) is 5.09. The van der Waals surface area contributed by atoms with Crippen LogP contribution in [0.3, 0.4) is 0 Å². The van der Waals surface area contributed by atoms with Crippen LogP contribution in [0.5, 0.6) is 0 Å². The minimum Gasteiger partial charge on any atom is -0.449 e. The van der Waals surface area contributed by atoms with E-state index in [9.17, 15) is 19.2 Å². The fourth-order valence-corrected chi connectivity index (χ4v) is 3.32. The Morgan fingerprint density at radius 1 is 0.909 bits per heavy atom. The first-order valence-electron chi connectivity index (χ1n) is 9.99. The Morgan fingerprint density at radius 3 is 2.03 bits per heavy atom. The molecule has 162 valence electrons. The second-order valence-electron chi connectivity index (χ2n) is 7.26. The van der Waals surface area contributed by atoms with Crippen LogP contribution in [0.4, 0.5) is 11.4 Å². The predicted molar refractivity (Wildman–Crippen MR) is 119 cm³/mol. The van der Waals surface area contributed by atoms with Crippen LogP contribution in [0.2, 0.25) is 0 Å². The van der Waals surface area contributed by atoms with Crippen molar-refractivity contribution < 1.29 is 23.9 Å². The Morgan fingerprint density at radius 2 is 1.48 bits per heavy atom. The van der Waals surface area contributed by atoms with Crippen molar-refractivity contribution in [2.45, 2.75) is 13.0 Å². The number of nitrogens with zero attached hydrogens (tertiary/aromatic N) is 2. The number of nitriles is 1. The Balaban J connectivity index is 1.40. The molecule has 8 nitrogen and oxygen atoms in total. The third kappa shape index (κ3) is 4.20. The molecule has 8 heteroatoms. The monoisotopic (exact) mass is 439 g/mol. The van der Waals surface area contributed by atoms with E-state index in [2.05, 4.69) is 5.32 Å². The summed E-state index contributed by atoms with van der Waals surface area (Å²) in [4.78, 5) is 51.0. The SMILES string of the molecule is CC(OC(=O)c1ccc(N2C(=O)c3ccccc3C2=O)cc1)C(=O)Nc1ccc(C#N)cc1. The molecule has 33 heavy (non-hydrogen) atoms. The summed E-state index contributed by atoms with van der Waals surface area (Å²) in [6.07, 6.45) is -1.08. The molecule has 0 radical (unpaired) electrons. The fraction of sp³-hybridized carbons (Fsp3) is 0.0800. The molecule has 0 saturated heterocycles. The van der Waals surface area contributed by atoms with E-state index in [1.54, 1.807) is 48.5 Å². The van der Waals surface area contributed by atoms with Gasteiger partial charge in [0.2, 0.25) is 0 Å². The van der Waals surface area contributed by atoms with Crippen molar-refractivity contribution in [2.75, 3.05) is 10.2 Å². The Kier molecular flexibility index (Phi) is 5.70. The topological polar surface area (TPSA) is 117 Å². The van der Waals surface area contributed by atoms with Gasteiger partial charge in [-0.25, -0.2) is 9.69 Å². The van der Waals surface area contributed by atoms with Crippen molar-refractivity contribution in [2.24, 2.45) is 0 Å². The molecule has 1 atom stereocenters. The summed E-state index contributed by atoms with van der Waals surface area (Å²) in [6.45, 7) is 1.43. The van der Waals surface area contributed by atoms with Crippen molar-refractivity contribution in [1.29, 1.82) is 5.26 Å². The van der Waals surface area contributed by atoms with Crippen molar-refractivity contribution in [1.82, 2.24) is 0 Å². The van der Waals surface area contributed by atoms with Gasteiger partial charge in [0.15, 0.2) is 6.10 Å². The number of ether oxygens (including phenoxy) is 1. The van der Waals surface area contributed by atoms with Crippen molar-refractivity contribution in [3.05, 3.63) is 95.1 Å². The van der Waals surface area contributed by atoms with Gasteiger partial charge in [-0.2, -0.15) is 5.26 Å². The molecular formula is C25H17N3O5. The molecule has 3 amide bonds. The van der Waals surface area contributed by atoms with Gasteiger partial charge in [-0.15, -0.1) is 0 Å². The zero-order valence-corrected chi connectivity index (χ0v) is 17.4. The smallest absolute Gasteiger partial charge is 0.338 e. The molecule has 3 aromatic rings. The Labute approximate surface area is 189 Å². The highest BCUT2D eigenvalue weighted by molar-refractivity contribution is 6.34. The number of carbonyl (C=O) groups excluding carboxylic acids is 4. The van der Waals surface area contributed by atoms with Crippen LogP contribution in [0.1, 0.15) is 43.6 Å². The number of esters is 1. The molecule has 0 saturated carbocycles. The molecule has 1 N–H and O–H groups in total. The zero-order valence-electron chi connectivity index (χ0n) is 17.4. The van der Waals surface area contributed by atoms with Gasteiger partial charge in [0.25, 0.3) is 17.7 Å². The lowest BCUT2D eigenvalue weighted by atomic mass is 10.1. The van der Waals surface area contributed by atoms with Gasteiger partial charge in [-0.05, 0) is 67.6 Å². The molecule has 1 aliphatic rings. The predicted octanol–water partition coefficient (Wildman–Crippen LogP) is 3.54. The summed E-state index contributed by atoms with van der Waals surface area (Å²) in [5.74, 6) is -2.12. The highest BCUT2D eigenvalue weighted by Gasteiger charge is 2.36. The summed E-state index contributed by atoms with van der Waals surface area (Å²) in [6, 6.07) is 20.6. The molecular weight excluding hydrogens is 422 g/mol. The van der Waals surface area contributed by atoms with E-state index in [-0.39, 0.29) is 5.56 Å². The third-order valence-corrected chi connectivity index (χ3v) is 5.09. The molecule has 0 fully saturated rings. The average Bonchev–Trinajstić information content (AvgIpc) is 3.09. The number of nitrogens with one attached hydrogen (secondary N) is 1. The molecule has 0 bridgehead atoms. The normalized spacial score (nSPS) is 13.2. The van der Waals surface area contributed by atoms with Crippen LogP contribution in [0.25, 0.3) is 0 Å². The van der Waals surface area contributed by atoms with E-state index < -0.39 is 29.8 Å². The molecule has 3 aromatic carbocycles. The van der Waals surface area contributed by atoms with Gasteiger partial charge in [0.1, 0.15) is 0 Å². The molecule has 0 spiro atoms. The lowest BCUT2D eigenvalue weighted by Gasteiger charge is -2.15. The van der Waals surface area contributed by atoms with Gasteiger partial charge in [-0.3, -0.25) is 14.4 Å². The van der Waals surface area contributed by atoms with Crippen LogP contribution >= 0.6 is 0 Å². The van der Waals surface area contributed by atoms with Crippen molar-refractivity contribution >= 4 is 35.1 Å². The number of hydrogen-bond acceptors (Lipinski definition) is 6. The second-order valence-corrected chi connectivity index (χ2v) is 7.26. The number of benzene rings is 3. The van der Waals surface area contributed by atoms with Gasteiger partial charge < -0.3 is 10.1 Å². The molecule has 1 unspecified atom stereocenters. The summed E-state index contributed by atoms with van der Waals surface area (Å²) in [7, 11) is 0. The number of imide groups is 1. The maximum atomic E-state index is 12.6. The van der Waals surface area contributed by atoms with Crippen LogP contribution < -0.4 is 10.2 Å². The number of anilines is 2. The van der Waals surface area contributed by atoms with Crippen LogP contribution in [0.15, 0.2) is 72.8 Å². The standard InChI is InChI=1S/C25H17N3O5/c1-15(22(29)27-18-10-6-16(14-26)7-11-18)33-25(32)17-8-12-19(13-9-17)28-23(30)20-4-2-3-5-21(20)24(28)31/h2-13,15H,1H3,(H,27,29). The Bertz CT molecular complexity index is 1270. The van der Waals surface area contributed by atoms with Crippen LogP contribution in [-0.4, -0.2) is 29.8 Å². The summed E-state index contributed by atoms with van der Waals surface area (Å²) >= 11 is 0. The van der Waals surface area contributed by atoms with E-state index in [4.69, 9.17) is 10.00 Å². The van der Waals surface area contributed by atoms with Gasteiger partial charge in [0.05, 0.1) is 34.0 Å². The van der Waals surface area contributed by atoms with Gasteiger partial charge in [-0.1, -0.05) is 12.1 Å². The van der Waals surface area contributed by atoms with Gasteiger partial charge in [0, 0.05) is 5.69 Å². The van der Waals surface area contributed by atoms with Crippen molar-refractivity contribution in [3.8, 4) is 6.07 Å². The molecule has 1 aliphatic heterocycles. The first-order chi connectivity index (χ1) is 15.9. The molecule has 0 aromatic heterocycles. The summed E-state index contributed by atoms with van der Waals surface area (Å²) in [5.41, 5.74) is 2.06. The van der Waals surface area contributed by atoms with E-state index in [1.807, 2.05) is 6.07 Å². The largest absolute Gasteiger partial charge is 0.449 e. The lowest BCUT2D eigenvalue weighted by Crippen LogP contribution is -2.30. The van der Waals surface area contributed by atoms with Crippen LogP contribution in [-0.2, 0) is 9.53 Å². The quantitative estimate of drug-likeness (QED) is 0.480. The fourth-order valence-electron chi connectivity index (χ4n) is 3.32. The lowest BCUT2D eigenvalue weighted by molar-refractivity contribution is -0.123. The molecule has 4 rings (SSSR count). The first kappa shape index (κ1) is 21.5. The summed E-state index contributed by atoms with van der Waals surface area (Å²) < 4.78 is 5.22. The van der Waals surface area contributed by atoms with E-state index in [0.29, 0.717) is 28.1 Å². The number of hydrogen-bond donors (Lipinski definition) is 1. The van der Waals surface area contributed by atoms with Crippen LogP contribution in [0, 0.1) is 11.3 Å². The maximum Gasteiger partial charge on any atom is 0.338 e. The van der Waals surface area contributed by atoms with Crippen molar-refractivity contribution in [3.63, 3.8) is 0 Å². The average molecular weight is 439 g/mol. The first-order valence-corrected chi connectivity index (χ1v) is 9.99. The minimum absolute atomic E-state index is 0.161. The minimum atomic E-state index is -1.08. The number of carbonyl (C=O) groups is 4. The maximum absolute atomic E-state index is 12.6. The van der Waals surface area contributed by atoms with Gasteiger partial charge >= 0.3 is 5.97 Å². The number of amides is 3. The molecule has 0 aliphatic carbocycles.